The van der Waals surface area contributed by atoms with Crippen LogP contribution in [-0.4, -0.2) is 41.4 Å². The molecule has 1 aromatic carbocycles. The van der Waals surface area contributed by atoms with Gasteiger partial charge in [-0.15, -0.1) is 0 Å². The summed E-state index contributed by atoms with van der Waals surface area (Å²) in [4.78, 5) is 49.5. The molecule has 3 atom stereocenters. The van der Waals surface area contributed by atoms with Gasteiger partial charge < -0.3 is 15.0 Å². The van der Waals surface area contributed by atoms with Crippen molar-refractivity contribution in [3.8, 4) is 0 Å². The zero-order chi connectivity index (χ0) is 19.8. The quantitative estimate of drug-likeness (QED) is 0.744. The van der Waals surface area contributed by atoms with E-state index in [9.17, 15) is 19.2 Å². The fourth-order valence-electron chi connectivity index (χ4n) is 3.75. The summed E-state index contributed by atoms with van der Waals surface area (Å²) in [6, 6.07) is 4.81. The lowest BCUT2D eigenvalue weighted by atomic mass is 10.0. The Morgan fingerprint density at radius 2 is 2.11 bits per heavy atom. The molecule has 2 fully saturated rings. The molecule has 8 heteroatoms. The third kappa shape index (κ3) is 3.72. The summed E-state index contributed by atoms with van der Waals surface area (Å²) in [6.45, 7) is 3.18. The third-order valence-corrected chi connectivity index (χ3v) is 5.73. The molecule has 148 valence electrons. The first-order valence-corrected chi connectivity index (χ1v) is 9.59. The molecule has 2 aliphatic heterocycles. The summed E-state index contributed by atoms with van der Waals surface area (Å²) in [6.07, 6.45) is 1.21. The van der Waals surface area contributed by atoms with Gasteiger partial charge in [-0.05, 0) is 41.9 Å². The molecule has 8 nitrogen and oxygen atoms in total. The minimum atomic E-state index is -0.626. The van der Waals surface area contributed by atoms with Crippen LogP contribution in [0.25, 0.3) is 0 Å². The predicted octanol–water partition coefficient (Wildman–Crippen LogP) is 1.33. The molecule has 0 spiro atoms. The van der Waals surface area contributed by atoms with Gasteiger partial charge in [0.25, 0.3) is 5.91 Å². The van der Waals surface area contributed by atoms with Crippen LogP contribution in [0.15, 0.2) is 18.2 Å². The standard InChI is InChI=1S/C20H23N3O5/c1-11-6-14(11)10-28-20(27)21-8-12-2-3-13-9-23(19(26)15(13)7-12)16-4-5-17(24)22-18(16)25/h2-3,7,11,14,16H,4-6,8-10H2,1H3,(H,21,27)(H,22,24,25)/t11-,14+,16?/m0/s1. The van der Waals surface area contributed by atoms with Gasteiger partial charge in [-0.1, -0.05) is 19.1 Å². The SMILES string of the molecule is C[C@H]1C[C@@H]1COC(=O)NCc1ccc2c(c1)C(=O)N(C1CCC(=O)NC1=O)C2. The number of carbonyl (C=O) groups is 4. The second-order valence-electron chi connectivity index (χ2n) is 7.82. The Kier molecular flexibility index (Phi) is 4.78. The molecule has 2 N–H and O–H groups in total. The predicted molar refractivity (Wildman–Crippen MR) is 97.9 cm³/mol. The maximum absolute atomic E-state index is 12.8. The lowest BCUT2D eigenvalue weighted by Gasteiger charge is -2.29. The van der Waals surface area contributed by atoms with E-state index < -0.39 is 18.0 Å². The van der Waals surface area contributed by atoms with Gasteiger partial charge >= 0.3 is 6.09 Å². The van der Waals surface area contributed by atoms with Crippen molar-refractivity contribution in [1.29, 1.82) is 0 Å². The second kappa shape index (κ2) is 7.26. The number of carbonyl (C=O) groups excluding carboxylic acids is 4. The number of ether oxygens (including phenoxy) is 1. The highest BCUT2D eigenvalue weighted by Crippen LogP contribution is 2.37. The van der Waals surface area contributed by atoms with E-state index in [0.717, 1.165) is 17.5 Å². The summed E-state index contributed by atoms with van der Waals surface area (Å²) in [5.41, 5.74) is 2.15. The monoisotopic (exact) mass is 385 g/mol. The van der Waals surface area contributed by atoms with Crippen molar-refractivity contribution >= 4 is 23.8 Å². The highest BCUT2D eigenvalue weighted by Gasteiger charge is 2.39. The first-order valence-electron chi connectivity index (χ1n) is 9.59. The Balaban J connectivity index is 1.35. The molecule has 1 saturated heterocycles. The van der Waals surface area contributed by atoms with Gasteiger partial charge in [0.2, 0.25) is 11.8 Å². The first kappa shape index (κ1) is 18.5. The zero-order valence-corrected chi connectivity index (χ0v) is 15.7. The van der Waals surface area contributed by atoms with Crippen LogP contribution in [0.5, 0.6) is 0 Å². The van der Waals surface area contributed by atoms with Crippen LogP contribution in [0, 0.1) is 11.8 Å². The topological polar surface area (TPSA) is 105 Å². The van der Waals surface area contributed by atoms with Gasteiger partial charge in [0.1, 0.15) is 6.04 Å². The Morgan fingerprint density at radius 1 is 1.32 bits per heavy atom. The first-order chi connectivity index (χ1) is 13.4. The summed E-state index contributed by atoms with van der Waals surface area (Å²) in [5, 5.41) is 4.99. The fourth-order valence-corrected chi connectivity index (χ4v) is 3.75. The van der Waals surface area contributed by atoms with Gasteiger partial charge in [-0.2, -0.15) is 0 Å². The normalized spacial score (nSPS) is 26.0. The number of hydrogen-bond acceptors (Lipinski definition) is 5. The molecule has 0 bridgehead atoms. The van der Waals surface area contributed by atoms with Crippen molar-refractivity contribution in [1.82, 2.24) is 15.5 Å². The van der Waals surface area contributed by atoms with E-state index in [0.29, 0.717) is 37.0 Å². The van der Waals surface area contributed by atoms with Gasteiger partial charge in [0, 0.05) is 25.1 Å². The molecule has 1 saturated carbocycles. The van der Waals surface area contributed by atoms with Gasteiger partial charge in [0.05, 0.1) is 6.61 Å². The second-order valence-corrected chi connectivity index (χ2v) is 7.82. The number of piperidine rings is 1. The number of rotatable bonds is 5. The summed E-state index contributed by atoms with van der Waals surface area (Å²) in [7, 11) is 0. The number of nitrogens with one attached hydrogen (secondary N) is 2. The van der Waals surface area contributed by atoms with Gasteiger partial charge in [-0.25, -0.2) is 4.79 Å². The van der Waals surface area contributed by atoms with E-state index in [4.69, 9.17) is 4.74 Å². The van der Waals surface area contributed by atoms with Gasteiger partial charge in [0.15, 0.2) is 0 Å². The van der Waals surface area contributed by atoms with E-state index in [-0.39, 0.29) is 24.8 Å². The van der Waals surface area contributed by atoms with Crippen LogP contribution in [0.4, 0.5) is 4.79 Å². The van der Waals surface area contributed by atoms with Crippen molar-refractivity contribution in [2.24, 2.45) is 11.8 Å². The molecule has 3 aliphatic rings. The van der Waals surface area contributed by atoms with Crippen LogP contribution in [0.1, 0.15) is 47.7 Å². The van der Waals surface area contributed by atoms with Crippen molar-refractivity contribution < 1.29 is 23.9 Å². The molecule has 1 unspecified atom stereocenters. The average Bonchev–Trinajstić information content (AvgIpc) is 3.29. The van der Waals surface area contributed by atoms with Crippen LogP contribution >= 0.6 is 0 Å². The van der Waals surface area contributed by atoms with Crippen LogP contribution in [0.2, 0.25) is 0 Å². The van der Waals surface area contributed by atoms with Crippen LogP contribution in [0.3, 0.4) is 0 Å². The average molecular weight is 385 g/mol. The maximum atomic E-state index is 12.8. The largest absolute Gasteiger partial charge is 0.449 e. The van der Waals surface area contributed by atoms with Crippen molar-refractivity contribution in [3.05, 3.63) is 34.9 Å². The van der Waals surface area contributed by atoms with Gasteiger partial charge in [-0.3, -0.25) is 19.7 Å². The lowest BCUT2D eigenvalue weighted by Crippen LogP contribution is -2.52. The van der Waals surface area contributed by atoms with Crippen LogP contribution in [-0.2, 0) is 27.4 Å². The van der Waals surface area contributed by atoms with E-state index in [1.807, 2.05) is 12.1 Å². The van der Waals surface area contributed by atoms with Crippen molar-refractivity contribution in [2.75, 3.05) is 6.61 Å². The third-order valence-electron chi connectivity index (χ3n) is 5.73. The van der Waals surface area contributed by atoms with Crippen molar-refractivity contribution in [2.45, 2.75) is 45.3 Å². The maximum Gasteiger partial charge on any atom is 0.407 e. The molecule has 4 rings (SSSR count). The zero-order valence-electron chi connectivity index (χ0n) is 15.7. The van der Waals surface area contributed by atoms with E-state index in [1.165, 1.54) is 4.90 Å². The molecular formula is C20H23N3O5. The molecule has 2 heterocycles. The van der Waals surface area contributed by atoms with E-state index >= 15 is 0 Å². The number of nitrogens with zero attached hydrogens (tertiary/aromatic N) is 1. The Hall–Kier alpha value is -2.90. The number of imide groups is 1. The van der Waals surface area contributed by atoms with E-state index in [2.05, 4.69) is 17.6 Å². The number of alkyl carbamates (subject to hydrolysis) is 1. The molecule has 1 aromatic rings. The molecule has 0 radical (unpaired) electrons. The Morgan fingerprint density at radius 3 is 2.82 bits per heavy atom. The summed E-state index contributed by atoms with van der Waals surface area (Å²) < 4.78 is 5.19. The molecule has 1 aliphatic carbocycles. The minimum absolute atomic E-state index is 0.225. The summed E-state index contributed by atoms with van der Waals surface area (Å²) >= 11 is 0. The number of fused-ring (bicyclic) bond motifs is 1. The van der Waals surface area contributed by atoms with E-state index in [1.54, 1.807) is 6.07 Å². The lowest BCUT2D eigenvalue weighted by molar-refractivity contribution is -0.136. The van der Waals surface area contributed by atoms with Crippen LogP contribution < -0.4 is 10.6 Å². The Labute approximate surface area is 162 Å². The molecule has 0 aromatic heterocycles. The Bertz CT molecular complexity index is 852. The highest BCUT2D eigenvalue weighted by molar-refractivity contribution is 6.05. The molecule has 28 heavy (non-hydrogen) atoms. The minimum Gasteiger partial charge on any atom is -0.449 e. The van der Waals surface area contributed by atoms with Crippen molar-refractivity contribution in [3.63, 3.8) is 0 Å². The number of benzene rings is 1. The molecule has 4 amide bonds. The highest BCUT2D eigenvalue weighted by atomic mass is 16.5. The number of amides is 4. The fraction of sp³-hybridized carbons (Fsp3) is 0.500. The summed E-state index contributed by atoms with van der Waals surface area (Å²) in [5.74, 6) is 0.148. The number of hydrogen-bond donors (Lipinski definition) is 2. The molecular weight excluding hydrogens is 362 g/mol. The smallest absolute Gasteiger partial charge is 0.407 e.